The predicted molar refractivity (Wildman–Crippen MR) is 235 cm³/mol. The number of rotatable bonds is 2. The summed E-state index contributed by atoms with van der Waals surface area (Å²) in [5.74, 6) is 0. The van der Waals surface area contributed by atoms with Crippen molar-refractivity contribution in [2.45, 2.75) is 0 Å². The van der Waals surface area contributed by atoms with E-state index in [1.165, 1.54) is 81.7 Å². The van der Waals surface area contributed by atoms with E-state index in [4.69, 9.17) is 0 Å². The zero-order valence-corrected chi connectivity index (χ0v) is 30.5. The summed E-state index contributed by atoms with van der Waals surface area (Å²) in [5, 5.41) is 29.3. The van der Waals surface area contributed by atoms with Gasteiger partial charge in [-0.25, -0.2) is 0 Å². The van der Waals surface area contributed by atoms with E-state index in [9.17, 15) is 10.5 Å². The molecule has 2 aromatic heterocycles. The average molecular weight is 719 g/mol. The quantitative estimate of drug-likeness (QED) is 0.167. The molecule has 0 saturated carbocycles. The second kappa shape index (κ2) is 10.9. The Kier molecular flexibility index (Phi) is 5.82. The van der Waals surface area contributed by atoms with Crippen molar-refractivity contribution in [2.75, 3.05) is 0 Å². The minimum absolute atomic E-state index is 0.0669. The number of hydrogen-bond donors (Lipinski definition) is 0. The van der Waals surface area contributed by atoms with Gasteiger partial charge in [0.2, 0.25) is 6.71 Å². The number of hydrogen-bond acceptors (Lipinski definition) is 2. The topological polar surface area (TPSA) is 57.4 Å². The maximum Gasteiger partial charge on any atom is 0.244 e. The Labute approximate surface area is 327 Å². The second-order valence-corrected chi connectivity index (χ2v) is 15.4. The number of nitriles is 2. The Balaban J connectivity index is 1.16. The molecule has 5 heteroatoms. The maximum atomic E-state index is 9.59. The van der Waals surface area contributed by atoms with E-state index >= 15 is 0 Å². The summed E-state index contributed by atoms with van der Waals surface area (Å²) in [6, 6.07) is 63.5. The number of fused-ring (bicyclic) bond motifs is 12. The molecule has 11 aromatic rings. The Morgan fingerprint density at radius 1 is 0.368 bits per heavy atom. The lowest BCUT2D eigenvalue weighted by molar-refractivity contribution is 1.18. The van der Waals surface area contributed by atoms with E-state index in [0.29, 0.717) is 11.1 Å². The number of nitrogens with zero attached hydrogens (tertiary/aromatic N) is 4. The van der Waals surface area contributed by atoms with Gasteiger partial charge in [-0.1, -0.05) is 107 Å². The number of para-hydroxylation sites is 2. The van der Waals surface area contributed by atoms with Gasteiger partial charge in [-0.3, -0.25) is 0 Å². The van der Waals surface area contributed by atoms with Crippen molar-refractivity contribution in [1.29, 1.82) is 10.5 Å². The highest BCUT2D eigenvalue weighted by Gasteiger charge is 2.39. The van der Waals surface area contributed by atoms with E-state index in [1.54, 1.807) is 0 Å². The molecule has 0 amide bonds. The van der Waals surface area contributed by atoms with Crippen LogP contribution >= 0.6 is 0 Å². The molecule has 258 valence electrons. The molecule has 57 heavy (non-hydrogen) atoms. The summed E-state index contributed by atoms with van der Waals surface area (Å²) in [6.45, 7) is 0.0669. The fourth-order valence-electron chi connectivity index (χ4n) is 10.6. The fraction of sp³-hybridized carbons (Fsp3) is 0. The van der Waals surface area contributed by atoms with Gasteiger partial charge < -0.3 is 9.13 Å². The summed E-state index contributed by atoms with van der Waals surface area (Å²) in [7, 11) is 0. The van der Waals surface area contributed by atoms with Gasteiger partial charge in [0.05, 0.1) is 45.3 Å². The molecule has 0 bridgehead atoms. The minimum atomic E-state index is 0.0669. The van der Waals surface area contributed by atoms with E-state index in [1.807, 2.05) is 24.3 Å². The summed E-state index contributed by atoms with van der Waals surface area (Å²) < 4.78 is 4.73. The smallest absolute Gasteiger partial charge is 0.244 e. The van der Waals surface area contributed by atoms with Crippen molar-refractivity contribution in [3.05, 3.63) is 175 Å². The molecule has 2 aliphatic rings. The Morgan fingerprint density at radius 2 is 0.789 bits per heavy atom. The van der Waals surface area contributed by atoms with Gasteiger partial charge in [0.15, 0.2) is 0 Å². The third kappa shape index (κ3) is 3.80. The van der Waals surface area contributed by atoms with Crippen LogP contribution in [0.5, 0.6) is 0 Å². The lowest BCUT2D eigenvalue weighted by Gasteiger charge is -2.34. The molecule has 0 unspecified atom stereocenters. The Hall–Kier alpha value is -7.86. The summed E-state index contributed by atoms with van der Waals surface area (Å²) in [5.41, 5.74) is 17.1. The van der Waals surface area contributed by atoms with Gasteiger partial charge in [-0.15, -0.1) is 0 Å². The first kappa shape index (κ1) is 30.5. The van der Waals surface area contributed by atoms with E-state index in [-0.39, 0.29) is 6.71 Å². The molecular formula is C52H27BN4. The molecule has 2 aliphatic heterocycles. The molecule has 4 heterocycles. The molecule has 0 radical (unpaired) electrons. The summed E-state index contributed by atoms with van der Waals surface area (Å²) >= 11 is 0. The highest BCUT2D eigenvalue weighted by atomic mass is 15.0. The van der Waals surface area contributed by atoms with Crippen LogP contribution in [-0.4, -0.2) is 15.8 Å². The molecule has 4 nitrogen and oxygen atoms in total. The van der Waals surface area contributed by atoms with Gasteiger partial charge in [0, 0.05) is 32.9 Å². The third-order valence-corrected chi connectivity index (χ3v) is 12.8. The third-order valence-electron chi connectivity index (χ3n) is 12.8. The van der Waals surface area contributed by atoms with Crippen LogP contribution in [0.25, 0.3) is 98.8 Å². The van der Waals surface area contributed by atoms with E-state index < -0.39 is 0 Å². The Morgan fingerprint density at radius 3 is 1.25 bits per heavy atom. The monoisotopic (exact) mass is 718 g/mol. The van der Waals surface area contributed by atoms with Crippen LogP contribution in [0.3, 0.4) is 0 Å². The van der Waals surface area contributed by atoms with Crippen LogP contribution in [0, 0.1) is 22.7 Å². The lowest BCUT2D eigenvalue weighted by atomic mass is 9.31. The van der Waals surface area contributed by atoms with Crippen molar-refractivity contribution in [3.63, 3.8) is 0 Å². The highest BCUT2D eigenvalue weighted by Crippen LogP contribution is 2.46. The van der Waals surface area contributed by atoms with Gasteiger partial charge in [0.25, 0.3) is 0 Å². The van der Waals surface area contributed by atoms with Crippen LogP contribution in [0.15, 0.2) is 164 Å². The largest absolute Gasteiger partial charge is 0.309 e. The van der Waals surface area contributed by atoms with Gasteiger partial charge in [0.1, 0.15) is 0 Å². The normalized spacial score (nSPS) is 12.5. The standard InChI is InChI=1S/C52H27BN4/c54-28-30-18-22-32(23-19-30)56-44-16-3-1-8-36(44)50-38-12-6-14-42-48(38)40(26-46(50)56)34-10-5-11-35-41-27-47-51(39-13-7-15-43(49(39)41)53(42)52(34)35)37-9-2-4-17-45(37)57(47)33-24-20-31(29-55)21-25-33/h1-27H. The van der Waals surface area contributed by atoms with Crippen LogP contribution in [-0.2, 0) is 0 Å². The van der Waals surface area contributed by atoms with Gasteiger partial charge >= 0.3 is 0 Å². The van der Waals surface area contributed by atoms with Gasteiger partial charge in [-0.2, -0.15) is 10.5 Å². The lowest BCUT2D eigenvalue weighted by Crippen LogP contribution is -2.57. The molecule has 9 aromatic carbocycles. The fourth-order valence-corrected chi connectivity index (χ4v) is 10.6. The van der Waals surface area contributed by atoms with Crippen molar-refractivity contribution in [3.8, 4) is 45.8 Å². The van der Waals surface area contributed by atoms with E-state index in [2.05, 4.69) is 161 Å². The van der Waals surface area contributed by atoms with Gasteiger partial charge in [-0.05, 0) is 117 Å². The molecule has 13 rings (SSSR count). The number of aromatic nitrogens is 2. The van der Waals surface area contributed by atoms with Crippen LogP contribution in [0.4, 0.5) is 0 Å². The molecule has 0 atom stereocenters. The molecule has 0 fully saturated rings. The SMILES string of the molecule is N#Cc1ccc(-n2c3ccccc3c3c4cccc5c4c(cc32)-c2cccc3c2B5c2cccc4c2c-3cc2c4c3ccccc3n2-c2ccc(C#N)cc2)cc1. The second-order valence-electron chi connectivity index (χ2n) is 15.4. The molecule has 0 spiro atoms. The molecular weight excluding hydrogens is 691 g/mol. The highest BCUT2D eigenvalue weighted by molar-refractivity contribution is 7.01. The van der Waals surface area contributed by atoms with Crippen LogP contribution < -0.4 is 16.4 Å². The van der Waals surface area contributed by atoms with Crippen molar-refractivity contribution in [1.82, 2.24) is 9.13 Å². The van der Waals surface area contributed by atoms with Crippen molar-refractivity contribution < 1.29 is 0 Å². The zero-order chi connectivity index (χ0) is 37.5. The predicted octanol–water partition coefficient (Wildman–Crippen LogP) is 10.4. The first-order valence-corrected chi connectivity index (χ1v) is 19.3. The van der Waals surface area contributed by atoms with Crippen LogP contribution in [0.1, 0.15) is 11.1 Å². The van der Waals surface area contributed by atoms with Crippen molar-refractivity contribution >= 4 is 88.3 Å². The number of benzene rings is 9. The van der Waals surface area contributed by atoms with Crippen LogP contribution in [0.2, 0.25) is 0 Å². The van der Waals surface area contributed by atoms with E-state index in [0.717, 1.165) is 33.4 Å². The van der Waals surface area contributed by atoms with Crippen molar-refractivity contribution in [2.24, 2.45) is 0 Å². The molecule has 0 N–H and O–H groups in total. The first-order chi connectivity index (χ1) is 28.2. The average Bonchev–Trinajstić information content (AvgIpc) is 3.79. The Bertz CT molecular complexity index is 3460. The summed E-state index contributed by atoms with van der Waals surface area (Å²) in [6.07, 6.45) is 0. The summed E-state index contributed by atoms with van der Waals surface area (Å²) in [4.78, 5) is 0. The zero-order valence-electron chi connectivity index (χ0n) is 30.5. The molecule has 0 aliphatic carbocycles. The first-order valence-electron chi connectivity index (χ1n) is 19.3. The minimum Gasteiger partial charge on any atom is -0.309 e. The maximum absolute atomic E-state index is 9.59. The molecule has 0 saturated heterocycles.